The van der Waals surface area contributed by atoms with Gasteiger partial charge in [0.25, 0.3) is 5.91 Å². The van der Waals surface area contributed by atoms with Crippen LogP contribution in [0.4, 0.5) is 10.5 Å². The lowest BCUT2D eigenvalue weighted by atomic mass is 10.1. The highest BCUT2D eigenvalue weighted by atomic mass is 35.5. The standard InChI is InChI=1S/C17H14ClN3O3/c18-12-7-4-8-13(9-12)19-14(22)10-21-16(23)15(20-17(21)24)11-5-2-1-3-6-11/h1-9,15H,10H2,(H,19,22)(H,20,24). The van der Waals surface area contributed by atoms with Gasteiger partial charge in [-0.3, -0.25) is 14.5 Å². The molecule has 2 aromatic rings. The summed E-state index contributed by atoms with van der Waals surface area (Å²) in [6, 6.07) is 14.1. The fourth-order valence-electron chi connectivity index (χ4n) is 2.45. The van der Waals surface area contributed by atoms with Crippen LogP contribution in [-0.4, -0.2) is 29.3 Å². The van der Waals surface area contributed by atoms with Gasteiger partial charge in [-0.1, -0.05) is 48.0 Å². The van der Waals surface area contributed by atoms with Crippen molar-refractivity contribution in [3.05, 3.63) is 65.2 Å². The zero-order chi connectivity index (χ0) is 17.1. The van der Waals surface area contributed by atoms with Crippen LogP contribution in [0, 0.1) is 0 Å². The molecular formula is C17H14ClN3O3. The summed E-state index contributed by atoms with van der Waals surface area (Å²) in [7, 11) is 0. The first-order chi connectivity index (χ1) is 11.5. The molecule has 1 saturated heterocycles. The number of benzene rings is 2. The Morgan fingerprint density at radius 1 is 1.12 bits per heavy atom. The average Bonchev–Trinajstić information content (AvgIpc) is 2.84. The van der Waals surface area contributed by atoms with E-state index >= 15 is 0 Å². The quantitative estimate of drug-likeness (QED) is 0.837. The number of hydrogen-bond donors (Lipinski definition) is 2. The second kappa shape index (κ2) is 6.72. The molecule has 4 amide bonds. The van der Waals surface area contributed by atoms with E-state index in [2.05, 4.69) is 10.6 Å². The number of urea groups is 1. The molecule has 0 aromatic heterocycles. The van der Waals surface area contributed by atoms with Crippen molar-refractivity contribution in [1.29, 1.82) is 0 Å². The summed E-state index contributed by atoms with van der Waals surface area (Å²) >= 11 is 5.85. The molecule has 1 fully saturated rings. The zero-order valence-corrected chi connectivity index (χ0v) is 13.3. The Labute approximate surface area is 143 Å². The third kappa shape index (κ3) is 3.38. The maximum atomic E-state index is 12.4. The maximum absolute atomic E-state index is 12.4. The molecule has 122 valence electrons. The number of carbonyl (C=O) groups is 3. The van der Waals surface area contributed by atoms with Crippen LogP contribution in [0.2, 0.25) is 5.02 Å². The predicted octanol–water partition coefficient (Wildman–Crippen LogP) is 2.57. The van der Waals surface area contributed by atoms with Gasteiger partial charge in [0.15, 0.2) is 0 Å². The number of amides is 4. The van der Waals surface area contributed by atoms with Crippen molar-refractivity contribution in [3.63, 3.8) is 0 Å². The van der Waals surface area contributed by atoms with E-state index in [0.29, 0.717) is 16.3 Å². The van der Waals surface area contributed by atoms with E-state index in [4.69, 9.17) is 11.6 Å². The molecule has 0 spiro atoms. The summed E-state index contributed by atoms with van der Waals surface area (Å²) in [4.78, 5) is 37.4. The first-order valence-electron chi connectivity index (χ1n) is 7.27. The molecule has 1 aliphatic rings. The molecule has 1 unspecified atom stereocenters. The molecule has 0 bridgehead atoms. The van der Waals surface area contributed by atoms with Crippen LogP contribution in [0.15, 0.2) is 54.6 Å². The van der Waals surface area contributed by atoms with E-state index in [9.17, 15) is 14.4 Å². The molecule has 7 heteroatoms. The topological polar surface area (TPSA) is 78.5 Å². The molecule has 2 N–H and O–H groups in total. The van der Waals surface area contributed by atoms with Crippen LogP contribution in [-0.2, 0) is 9.59 Å². The van der Waals surface area contributed by atoms with E-state index < -0.39 is 23.9 Å². The second-order valence-corrected chi connectivity index (χ2v) is 5.71. The number of imide groups is 1. The number of halogens is 1. The minimum atomic E-state index is -0.766. The SMILES string of the molecule is O=C(CN1C(=O)NC(c2ccccc2)C1=O)Nc1cccc(Cl)c1. The predicted molar refractivity (Wildman–Crippen MR) is 89.5 cm³/mol. The van der Waals surface area contributed by atoms with Gasteiger partial charge in [-0.25, -0.2) is 4.79 Å². The highest BCUT2D eigenvalue weighted by molar-refractivity contribution is 6.30. The lowest BCUT2D eigenvalue weighted by Gasteiger charge is -2.13. The van der Waals surface area contributed by atoms with Gasteiger partial charge in [-0.15, -0.1) is 0 Å². The summed E-state index contributed by atoms with van der Waals surface area (Å²) < 4.78 is 0. The maximum Gasteiger partial charge on any atom is 0.325 e. The van der Waals surface area contributed by atoms with Crippen molar-refractivity contribution in [1.82, 2.24) is 10.2 Å². The molecule has 1 heterocycles. The third-order valence-electron chi connectivity index (χ3n) is 3.57. The van der Waals surface area contributed by atoms with Crippen molar-refractivity contribution in [2.24, 2.45) is 0 Å². The van der Waals surface area contributed by atoms with Crippen molar-refractivity contribution in [2.45, 2.75) is 6.04 Å². The van der Waals surface area contributed by atoms with E-state index in [0.717, 1.165) is 4.90 Å². The second-order valence-electron chi connectivity index (χ2n) is 5.28. The minimum Gasteiger partial charge on any atom is -0.324 e. The van der Waals surface area contributed by atoms with Crippen molar-refractivity contribution in [3.8, 4) is 0 Å². The van der Waals surface area contributed by atoms with E-state index in [1.165, 1.54) is 0 Å². The zero-order valence-electron chi connectivity index (χ0n) is 12.5. The minimum absolute atomic E-state index is 0.361. The molecule has 24 heavy (non-hydrogen) atoms. The monoisotopic (exact) mass is 343 g/mol. The van der Waals surface area contributed by atoms with Crippen LogP contribution in [0.25, 0.3) is 0 Å². The number of nitrogens with one attached hydrogen (secondary N) is 2. The molecule has 0 saturated carbocycles. The molecule has 0 radical (unpaired) electrons. The Morgan fingerprint density at radius 2 is 1.88 bits per heavy atom. The number of rotatable bonds is 4. The molecule has 0 aliphatic carbocycles. The molecule has 1 atom stereocenters. The van der Waals surface area contributed by atoms with Gasteiger partial charge in [0.1, 0.15) is 12.6 Å². The van der Waals surface area contributed by atoms with Crippen LogP contribution in [0.5, 0.6) is 0 Å². The first kappa shape index (κ1) is 16.0. The van der Waals surface area contributed by atoms with Crippen molar-refractivity contribution in [2.75, 3.05) is 11.9 Å². The Morgan fingerprint density at radius 3 is 2.58 bits per heavy atom. The van der Waals surface area contributed by atoms with E-state index in [1.807, 2.05) is 6.07 Å². The van der Waals surface area contributed by atoms with Crippen LogP contribution in [0.3, 0.4) is 0 Å². The molecule has 2 aromatic carbocycles. The van der Waals surface area contributed by atoms with E-state index in [1.54, 1.807) is 48.5 Å². The highest BCUT2D eigenvalue weighted by Gasteiger charge is 2.39. The lowest BCUT2D eigenvalue weighted by Crippen LogP contribution is -2.38. The fourth-order valence-corrected chi connectivity index (χ4v) is 2.64. The Hall–Kier alpha value is -2.86. The molecule has 1 aliphatic heterocycles. The van der Waals surface area contributed by atoms with Gasteiger partial charge in [-0.2, -0.15) is 0 Å². The number of carbonyl (C=O) groups excluding carboxylic acids is 3. The van der Waals surface area contributed by atoms with Gasteiger partial charge in [0.2, 0.25) is 5.91 Å². The lowest BCUT2D eigenvalue weighted by molar-refractivity contribution is -0.130. The smallest absolute Gasteiger partial charge is 0.324 e. The van der Waals surface area contributed by atoms with E-state index in [-0.39, 0.29) is 6.54 Å². The molecular weight excluding hydrogens is 330 g/mol. The van der Waals surface area contributed by atoms with Crippen molar-refractivity contribution >= 4 is 35.1 Å². The Kier molecular flexibility index (Phi) is 4.48. The van der Waals surface area contributed by atoms with Gasteiger partial charge in [0.05, 0.1) is 0 Å². The summed E-state index contributed by atoms with van der Waals surface area (Å²) in [5, 5.41) is 5.67. The van der Waals surface area contributed by atoms with Gasteiger partial charge < -0.3 is 10.6 Å². The largest absolute Gasteiger partial charge is 0.325 e. The number of hydrogen-bond acceptors (Lipinski definition) is 3. The van der Waals surface area contributed by atoms with Crippen LogP contribution >= 0.6 is 11.6 Å². The molecule has 3 rings (SSSR count). The Balaban J connectivity index is 1.67. The number of anilines is 1. The summed E-state index contributed by atoms with van der Waals surface area (Å²) in [5.74, 6) is -0.929. The summed E-state index contributed by atoms with van der Waals surface area (Å²) in [6.07, 6.45) is 0. The van der Waals surface area contributed by atoms with Gasteiger partial charge >= 0.3 is 6.03 Å². The van der Waals surface area contributed by atoms with Gasteiger partial charge in [-0.05, 0) is 23.8 Å². The third-order valence-corrected chi connectivity index (χ3v) is 3.80. The Bertz CT molecular complexity index is 795. The summed E-state index contributed by atoms with van der Waals surface area (Å²) in [6.45, 7) is -0.361. The summed E-state index contributed by atoms with van der Waals surface area (Å²) in [5.41, 5.74) is 1.17. The van der Waals surface area contributed by atoms with Gasteiger partial charge in [0, 0.05) is 10.7 Å². The van der Waals surface area contributed by atoms with Crippen molar-refractivity contribution < 1.29 is 14.4 Å². The highest BCUT2D eigenvalue weighted by Crippen LogP contribution is 2.21. The molecule has 6 nitrogen and oxygen atoms in total. The first-order valence-corrected chi connectivity index (χ1v) is 7.64. The number of nitrogens with zero attached hydrogens (tertiary/aromatic N) is 1. The average molecular weight is 344 g/mol. The normalized spacial score (nSPS) is 16.9. The fraction of sp³-hybridized carbons (Fsp3) is 0.118. The van der Waals surface area contributed by atoms with Crippen LogP contribution < -0.4 is 10.6 Å². The van der Waals surface area contributed by atoms with Crippen LogP contribution in [0.1, 0.15) is 11.6 Å².